The van der Waals surface area contributed by atoms with Gasteiger partial charge < -0.3 is 10.0 Å². The summed E-state index contributed by atoms with van der Waals surface area (Å²) in [5.41, 5.74) is 0.805. The van der Waals surface area contributed by atoms with E-state index in [4.69, 9.17) is 0 Å². The quantitative estimate of drug-likeness (QED) is 0.898. The summed E-state index contributed by atoms with van der Waals surface area (Å²) >= 11 is 2.05. The molecule has 1 heterocycles. The number of thioether (sulfide) groups is 1. The van der Waals surface area contributed by atoms with Crippen molar-refractivity contribution in [3.8, 4) is 0 Å². The Morgan fingerprint density at radius 3 is 2.84 bits per heavy atom. The lowest BCUT2D eigenvalue weighted by atomic mass is 10.1. The van der Waals surface area contributed by atoms with E-state index < -0.39 is 6.10 Å². The number of hydrogen-bond acceptors (Lipinski definition) is 3. The van der Waals surface area contributed by atoms with Crippen molar-refractivity contribution in [2.75, 3.05) is 25.4 Å². The number of aliphatic hydroxyl groups excluding tert-OH is 1. The van der Waals surface area contributed by atoms with Gasteiger partial charge in [-0.15, -0.1) is 0 Å². The Hall–Kier alpha value is -0.580. The molecule has 0 radical (unpaired) electrons. The molecule has 0 saturated carbocycles. The Morgan fingerprint density at radius 2 is 2.16 bits per heavy atom. The van der Waals surface area contributed by atoms with Crippen LogP contribution in [-0.4, -0.2) is 40.6 Å². The van der Waals surface area contributed by atoms with E-state index in [9.17, 15) is 9.50 Å². The molecule has 2 unspecified atom stereocenters. The van der Waals surface area contributed by atoms with Gasteiger partial charge in [-0.3, -0.25) is 0 Å². The smallest absolute Gasteiger partial charge is 0.123 e. The normalized spacial score (nSPS) is 22.4. The maximum Gasteiger partial charge on any atom is 0.123 e. The molecule has 0 aromatic heterocycles. The summed E-state index contributed by atoms with van der Waals surface area (Å²) in [5.74, 6) is 0.931. The molecule has 19 heavy (non-hydrogen) atoms. The topological polar surface area (TPSA) is 23.5 Å². The summed E-state index contributed by atoms with van der Waals surface area (Å²) in [7, 11) is 0. The van der Waals surface area contributed by atoms with Gasteiger partial charge in [0.05, 0.1) is 6.10 Å². The molecule has 1 aliphatic rings. The van der Waals surface area contributed by atoms with Crippen molar-refractivity contribution in [3.63, 3.8) is 0 Å². The molecule has 0 amide bonds. The molecule has 2 rings (SSSR count). The molecule has 1 fully saturated rings. The summed E-state index contributed by atoms with van der Waals surface area (Å²) in [4.78, 5) is 2.43. The molecule has 0 bridgehead atoms. The number of halogens is 1. The van der Waals surface area contributed by atoms with Crippen LogP contribution >= 0.6 is 11.8 Å². The van der Waals surface area contributed by atoms with Gasteiger partial charge in [-0.25, -0.2) is 4.39 Å². The first-order valence-electron chi connectivity index (χ1n) is 6.96. The molecule has 0 aliphatic carbocycles. The summed E-state index contributed by atoms with van der Waals surface area (Å²) in [6.45, 7) is 5.37. The van der Waals surface area contributed by atoms with E-state index in [0.29, 0.717) is 6.42 Å². The fourth-order valence-electron chi connectivity index (χ4n) is 2.39. The van der Waals surface area contributed by atoms with Gasteiger partial charge in [0, 0.05) is 30.6 Å². The monoisotopic (exact) mass is 283 g/mol. The van der Waals surface area contributed by atoms with E-state index in [1.165, 1.54) is 24.3 Å². The van der Waals surface area contributed by atoms with Gasteiger partial charge in [0.1, 0.15) is 5.82 Å². The highest BCUT2D eigenvalue weighted by atomic mass is 32.2. The van der Waals surface area contributed by atoms with Crippen LogP contribution in [0.2, 0.25) is 0 Å². The summed E-state index contributed by atoms with van der Waals surface area (Å²) in [6.07, 6.45) is 1.43. The lowest BCUT2D eigenvalue weighted by Crippen LogP contribution is -2.38. The van der Waals surface area contributed by atoms with E-state index >= 15 is 0 Å². The molecule has 1 aromatic carbocycles. The van der Waals surface area contributed by atoms with Gasteiger partial charge in [0.25, 0.3) is 0 Å². The van der Waals surface area contributed by atoms with Crippen LogP contribution in [0.3, 0.4) is 0 Å². The van der Waals surface area contributed by atoms with Crippen LogP contribution in [-0.2, 0) is 0 Å². The average Bonchev–Trinajstić information content (AvgIpc) is 2.46. The third-order valence-corrected chi connectivity index (χ3v) is 5.02. The zero-order chi connectivity index (χ0) is 13.7. The van der Waals surface area contributed by atoms with Crippen LogP contribution < -0.4 is 0 Å². The third-order valence-electron chi connectivity index (χ3n) is 3.65. The van der Waals surface area contributed by atoms with E-state index in [1.807, 2.05) is 0 Å². The van der Waals surface area contributed by atoms with Gasteiger partial charge in [-0.2, -0.15) is 11.8 Å². The minimum absolute atomic E-state index is 0.255. The molecule has 2 atom stereocenters. The number of hydrogen-bond donors (Lipinski definition) is 1. The molecule has 2 nitrogen and oxygen atoms in total. The zero-order valence-electron chi connectivity index (χ0n) is 11.4. The molecule has 1 N–H and O–H groups in total. The predicted octanol–water partition coefficient (Wildman–Crippen LogP) is 3.08. The van der Waals surface area contributed by atoms with Crippen molar-refractivity contribution < 1.29 is 9.50 Å². The Kier molecular flexibility index (Phi) is 5.67. The first-order chi connectivity index (χ1) is 9.19. The van der Waals surface area contributed by atoms with Crippen LogP contribution in [0.25, 0.3) is 0 Å². The van der Waals surface area contributed by atoms with Gasteiger partial charge >= 0.3 is 0 Å². The van der Waals surface area contributed by atoms with Crippen molar-refractivity contribution in [1.82, 2.24) is 4.90 Å². The largest absolute Gasteiger partial charge is 0.388 e. The molecule has 4 heteroatoms. The van der Waals surface area contributed by atoms with Crippen molar-refractivity contribution in [2.45, 2.75) is 31.1 Å². The Morgan fingerprint density at radius 1 is 1.42 bits per heavy atom. The highest BCUT2D eigenvalue weighted by molar-refractivity contribution is 8.00. The maximum absolute atomic E-state index is 12.8. The second kappa shape index (κ2) is 7.27. The van der Waals surface area contributed by atoms with Crippen molar-refractivity contribution >= 4 is 11.8 Å². The van der Waals surface area contributed by atoms with E-state index in [1.54, 1.807) is 12.1 Å². The van der Waals surface area contributed by atoms with Crippen LogP contribution in [0.5, 0.6) is 0 Å². The Labute approximate surface area is 119 Å². The molecule has 106 valence electrons. The highest BCUT2D eigenvalue weighted by Crippen LogP contribution is 2.23. The molecule has 1 aliphatic heterocycles. The van der Waals surface area contributed by atoms with E-state index in [0.717, 1.165) is 30.4 Å². The number of aliphatic hydroxyl groups is 1. The van der Waals surface area contributed by atoms with E-state index in [-0.39, 0.29) is 5.82 Å². The first kappa shape index (κ1) is 14.8. The van der Waals surface area contributed by atoms with Crippen LogP contribution in [0.1, 0.15) is 31.4 Å². The SMILES string of the molecule is CCC1CN(CCC(O)c2ccc(F)cc2)CCS1. The Bertz CT molecular complexity index is 384. The van der Waals surface area contributed by atoms with Crippen LogP contribution in [0.4, 0.5) is 4.39 Å². The van der Waals surface area contributed by atoms with Gasteiger partial charge in [-0.05, 0) is 30.5 Å². The van der Waals surface area contributed by atoms with Crippen molar-refractivity contribution in [1.29, 1.82) is 0 Å². The lowest BCUT2D eigenvalue weighted by Gasteiger charge is -2.32. The number of benzene rings is 1. The standard InChI is InChI=1S/C15H22FNOS/c1-2-14-11-17(9-10-19-14)8-7-15(18)12-3-5-13(16)6-4-12/h3-6,14-15,18H,2,7-11H2,1H3. The van der Waals surface area contributed by atoms with Gasteiger partial charge in [0.2, 0.25) is 0 Å². The number of nitrogens with zero attached hydrogens (tertiary/aromatic N) is 1. The molecular weight excluding hydrogens is 261 g/mol. The minimum Gasteiger partial charge on any atom is -0.388 e. The van der Waals surface area contributed by atoms with Crippen molar-refractivity contribution in [3.05, 3.63) is 35.6 Å². The third kappa shape index (κ3) is 4.48. The van der Waals surface area contributed by atoms with Crippen LogP contribution in [0, 0.1) is 5.82 Å². The maximum atomic E-state index is 12.8. The summed E-state index contributed by atoms with van der Waals surface area (Å²) in [5, 5.41) is 10.8. The van der Waals surface area contributed by atoms with E-state index in [2.05, 4.69) is 23.6 Å². The number of rotatable bonds is 5. The van der Waals surface area contributed by atoms with Gasteiger partial charge in [0.15, 0.2) is 0 Å². The van der Waals surface area contributed by atoms with Gasteiger partial charge in [-0.1, -0.05) is 19.1 Å². The minimum atomic E-state index is -0.491. The second-order valence-electron chi connectivity index (χ2n) is 5.06. The average molecular weight is 283 g/mol. The Balaban J connectivity index is 1.79. The van der Waals surface area contributed by atoms with Crippen molar-refractivity contribution in [2.24, 2.45) is 0 Å². The summed E-state index contributed by atoms with van der Waals surface area (Å²) < 4.78 is 12.8. The highest BCUT2D eigenvalue weighted by Gasteiger charge is 2.19. The molecule has 1 aromatic rings. The molecule has 1 saturated heterocycles. The summed E-state index contributed by atoms with van der Waals surface area (Å²) in [6, 6.07) is 6.15. The molecule has 0 spiro atoms. The predicted molar refractivity (Wildman–Crippen MR) is 79.0 cm³/mol. The molecular formula is C15H22FNOS. The fourth-order valence-corrected chi connectivity index (χ4v) is 3.64. The first-order valence-corrected chi connectivity index (χ1v) is 8.01. The fraction of sp³-hybridized carbons (Fsp3) is 0.600. The van der Waals surface area contributed by atoms with Crippen LogP contribution in [0.15, 0.2) is 24.3 Å². The zero-order valence-corrected chi connectivity index (χ0v) is 12.2. The lowest BCUT2D eigenvalue weighted by molar-refractivity contribution is 0.142. The second-order valence-corrected chi connectivity index (χ2v) is 6.47.